The number of aromatic nitrogens is 3. The molecule has 180 valence electrons. The van der Waals surface area contributed by atoms with Gasteiger partial charge < -0.3 is 14.5 Å². The molecule has 1 amide bonds. The van der Waals surface area contributed by atoms with Gasteiger partial charge in [0.25, 0.3) is 0 Å². The van der Waals surface area contributed by atoms with Crippen LogP contribution in [0.3, 0.4) is 0 Å². The maximum absolute atomic E-state index is 13.9. The maximum Gasteiger partial charge on any atom is 0.248 e. The number of benzene rings is 2. The molecule has 2 aromatic carbocycles. The van der Waals surface area contributed by atoms with Gasteiger partial charge >= 0.3 is 0 Å². The molecule has 0 aliphatic carbocycles. The Bertz CT molecular complexity index is 1410. The number of fused-ring (bicyclic) bond motifs is 4. The van der Waals surface area contributed by atoms with E-state index in [9.17, 15) is 9.18 Å². The maximum atomic E-state index is 13.9. The van der Waals surface area contributed by atoms with Crippen molar-refractivity contribution < 1.29 is 13.9 Å². The molecule has 9 heteroatoms. The van der Waals surface area contributed by atoms with Crippen molar-refractivity contribution in [3.05, 3.63) is 71.3 Å². The number of nitrogens with zero attached hydrogens (tertiary/aromatic N) is 5. The first-order chi connectivity index (χ1) is 16.9. The Morgan fingerprint density at radius 1 is 1.09 bits per heavy atom. The zero-order chi connectivity index (χ0) is 24.5. The second kappa shape index (κ2) is 9.64. The zero-order valence-corrected chi connectivity index (χ0v) is 20.3. The Morgan fingerprint density at radius 2 is 1.94 bits per heavy atom. The Labute approximate surface area is 207 Å². The Kier molecular flexibility index (Phi) is 6.40. The number of aryl methyl sites for hydroxylation is 1. The van der Waals surface area contributed by atoms with Gasteiger partial charge in [-0.2, -0.15) is 5.10 Å². The van der Waals surface area contributed by atoms with Crippen molar-refractivity contribution in [2.24, 2.45) is 7.05 Å². The van der Waals surface area contributed by atoms with Gasteiger partial charge in [0.1, 0.15) is 12.4 Å². The Balaban J connectivity index is 1.66. The average molecular weight is 494 g/mol. The highest BCUT2D eigenvalue weighted by molar-refractivity contribution is 6.31. The number of anilines is 2. The second-order valence-electron chi connectivity index (χ2n) is 8.61. The van der Waals surface area contributed by atoms with Gasteiger partial charge in [-0.1, -0.05) is 17.7 Å². The average Bonchev–Trinajstić information content (AvgIpc) is 3.22. The van der Waals surface area contributed by atoms with Crippen molar-refractivity contribution in [3.63, 3.8) is 0 Å². The molecule has 1 aliphatic heterocycles. The largest absolute Gasteiger partial charge is 0.372 e. The number of rotatable bonds is 1. The molecule has 35 heavy (non-hydrogen) atoms. The summed E-state index contributed by atoms with van der Waals surface area (Å²) in [6.07, 6.45) is 2.41. The van der Waals surface area contributed by atoms with Crippen LogP contribution in [0, 0.1) is 5.82 Å². The summed E-state index contributed by atoms with van der Waals surface area (Å²) >= 11 is 6.13. The quantitative estimate of drug-likeness (QED) is 0.375. The van der Waals surface area contributed by atoms with Gasteiger partial charge in [-0.25, -0.2) is 4.39 Å². The van der Waals surface area contributed by atoms with E-state index in [1.165, 1.54) is 6.07 Å². The molecule has 1 aliphatic rings. The number of ether oxygens (including phenoxy) is 1. The Morgan fingerprint density at radius 3 is 2.77 bits per heavy atom. The number of likely N-dealkylation sites (N-methyl/N-ethyl adjacent to an activating group) is 1. The van der Waals surface area contributed by atoms with Crippen molar-refractivity contribution in [1.29, 1.82) is 0 Å². The minimum atomic E-state index is -0.469. The topological polar surface area (TPSA) is 63.5 Å². The minimum Gasteiger partial charge on any atom is -0.372 e. The molecule has 0 N–H and O–H groups in total. The molecule has 0 radical (unpaired) electrons. The zero-order valence-electron chi connectivity index (χ0n) is 19.5. The van der Waals surface area contributed by atoms with E-state index in [0.717, 1.165) is 39.2 Å². The molecule has 4 aromatic rings. The van der Waals surface area contributed by atoms with E-state index in [0.29, 0.717) is 26.1 Å². The predicted octanol–water partition coefficient (Wildman–Crippen LogP) is 4.94. The molecule has 0 fully saturated rings. The van der Waals surface area contributed by atoms with Gasteiger partial charge in [0.05, 0.1) is 34.2 Å². The van der Waals surface area contributed by atoms with Gasteiger partial charge in [0.15, 0.2) is 0 Å². The summed E-state index contributed by atoms with van der Waals surface area (Å²) in [7, 11) is 3.63. The van der Waals surface area contributed by atoms with Crippen molar-refractivity contribution >= 4 is 39.8 Å². The summed E-state index contributed by atoms with van der Waals surface area (Å²) in [5.74, 6) is -0.566. The van der Waals surface area contributed by atoms with Crippen LogP contribution in [0.15, 0.2) is 54.7 Å². The molecular formula is C26H25ClFN5O2. The summed E-state index contributed by atoms with van der Waals surface area (Å²) in [6, 6.07) is 14.7. The number of halogens is 2. The highest BCUT2D eigenvalue weighted by Gasteiger charge is 2.18. The summed E-state index contributed by atoms with van der Waals surface area (Å²) in [5.41, 5.74) is 5.17. The van der Waals surface area contributed by atoms with Crippen LogP contribution in [0.5, 0.6) is 0 Å². The van der Waals surface area contributed by atoms with Gasteiger partial charge in [0, 0.05) is 50.1 Å². The van der Waals surface area contributed by atoms with E-state index in [-0.39, 0.29) is 17.5 Å². The fourth-order valence-electron chi connectivity index (χ4n) is 4.29. The van der Waals surface area contributed by atoms with E-state index in [2.05, 4.69) is 21.0 Å². The van der Waals surface area contributed by atoms with Gasteiger partial charge in [0.2, 0.25) is 5.91 Å². The third-order valence-corrected chi connectivity index (χ3v) is 6.51. The summed E-state index contributed by atoms with van der Waals surface area (Å²) in [5, 5.41) is 5.68. The van der Waals surface area contributed by atoms with Gasteiger partial charge in [-0.05, 0) is 48.9 Å². The lowest BCUT2D eigenvalue weighted by molar-refractivity contribution is -0.135. The van der Waals surface area contributed by atoms with Gasteiger partial charge in [-0.3, -0.25) is 14.5 Å². The summed E-state index contributed by atoms with van der Waals surface area (Å²) < 4.78 is 21.4. The lowest BCUT2D eigenvalue weighted by atomic mass is 10.1. The highest BCUT2D eigenvalue weighted by Crippen LogP contribution is 2.35. The Hall–Kier alpha value is -3.49. The first-order valence-corrected chi connectivity index (χ1v) is 11.7. The van der Waals surface area contributed by atoms with Gasteiger partial charge in [-0.15, -0.1) is 0 Å². The van der Waals surface area contributed by atoms with Crippen LogP contribution in [0.1, 0.15) is 12.1 Å². The van der Waals surface area contributed by atoms with Crippen LogP contribution in [0.25, 0.3) is 22.2 Å². The molecule has 3 heterocycles. The van der Waals surface area contributed by atoms with E-state index in [1.807, 2.05) is 31.3 Å². The SMILES string of the molecule is CN1Cc2cc(nn2C)-c2ccc3nccc(c3c2)N(c2ccc(F)c(Cl)c2)CCCOCC1=O. The van der Waals surface area contributed by atoms with E-state index in [4.69, 9.17) is 16.3 Å². The molecule has 0 saturated heterocycles. The van der Waals surface area contributed by atoms with Crippen LogP contribution in [-0.2, 0) is 23.1 Å². The fraction of sp³-hybridized carbons (Fsp3) is 0.269. The molecule has 0 saturated carbocycles. The minimum absolute atomic E-state index is 0.00211. The normalized spacial score (nSPS) is 15.3. The van der Waals surface area contributed by atoms with Crippen LogP contribution < -0.4 is 4.90 Å². The van der Waals surface area contributed by atoms with Crippen molar-refractivity contribution in [3.8, 4) is 11.3 Å². The summed E-state index contributed by atoms with van der Waals surface area (Å²) in [4.78, 5) is 20.8. The smallest absolute Gasteiger partial charge is 0.248 e. The van der Waals surface area contributed by atoms with Crippen molar-refractivity contribution in [1.82, 2.24) is 19.7 Å². The van der Waals surface area contributed by atoms with Crippen LogP contribution >= 0.6 is 11.6 Å². The molecular weight excluding hydrogens is 469 g/mol. The van der Waals surface area contributed by atoms with E-state index < -0.39 is 5.82 Å². The van der Waals surface area contributed by atoms with E-state index in [1.54, 1.807) is 35.0 Å². The summed E-state index contributed by atoms with van der Waals surface area (Å²) in [6.45, 7) is 1.41. The number of carbonyl (C=O) groups is 1. The third-order valence-electron chi connectivity index (χ3n) is 6.22. The molecule has 0 atom stereocenters. The molecule has 0 spiro atoms. The number of amides is 1. The van der Waals surface area contributed by atoms with E-state index >= 15 is 0 Å². The fourth-order valence-corrected chi connectivity index (χ4v) is 4.46. The van der Waals surface area contributed by atoms with Crippen LogP contribution in [-0.4, -0.2) is 52.4 Å². The van der Waals surface area contributed by atoms with Crippen LogP contribution in [0.2, 0.25) is 5.02 Å². The number of hydrogen-bond acceptors (Lipinski definition) is 5. The molecule has 4 bridgehead atoms. The number of pyridine rings is 1. The monoisotopic (exact) mass is 493 g/mol. The first-order valence-electron chi connectivity index (χ1n) is 11.4. The molecule has 2 aromatic heterocycles. The van der Waals surface area contributed by atoms with Crippen molar-refractivity contribution in [2.45, 2.75) is 13.0 Å². The molecule has 0 unspecified atom stereocenters. The van der Waals surface area contributed by atoms with Crippen LogP contribution in [0.4, 0.5) is 15.8 Å². The number of hydrogen-bond donors (Lipinski definition) is 0. The second-order valence-corrected chi connectivity index (χ2v) is 9.02. The lowest BCUT2D eigenvalue weighted by Gasteiger charge is -2.27. The lowest BCUT2D eigenvalue weighted by Crippen LogP contribution is -2.31. The predicted molar refractivity (Wildman–Crippen MR) is 134 cm³/mol. The first kappa shape index (κ1) is 23.3. The standard InChI is InChI=1S/C26H25ClFN5O2/c1-31-15-19-14-24(30-32(19)2)17-4-7-23-20(12-17)25(8-9-29-23)33(10-3-11-35-16-26(31)34)18-5-6-22(28)21(27)13-18/h4-9,12-14H,3,10-11,15-16H2,1-2H3. The molecule has 5 rings (SSSR count). The number of carbonyl (C=O) groups excluding carboxylic acids is 1. The molecule has 7 nitrogen and oxygen atoms in total. The third kappa shape index (κ3) is 4.72. The van der Waals surface area contributed by atoms with Crippen molar-refractivity contribution in [2.75, 3.05) is 31.7 Å². The highest BCUT2D eigenvalue weighted by atomic mass is 35.5.